The van der Waals surface area contributed by atoms with Crippen molar-refractivity contribution in [2.45, 2.75) is 77.6 Å². The van der Waals surface area contributed by atoms with Crippen LogP contribution in [0.3, 0.4) is 0 Å². The van der Waals surface area contributed by atoms with Gasteiger partial charge in [0.15, 0.2) is 0 Å². The summed E-state index contributed by atoms with van der Waals surface area (Å²) in [6.07, 6.45) is 0.0177. The van der Waals surface area contributed by atoms with Crippen LogP contribution in [-0.4, -0.2) is 25.5 Å². The number of rotatable bonds is 10. The summed E-state index contributed by atoms with van der Waals surface area (Å²) in [4.78, 5) is 4.70. The summed E-state index contributed by atoms with van der Waals surface area (Å²) < 4.78 is 12.6. The van der Waals surface area contributed by atoms with Crippen molar-refractivity contribution < 1.29 is 14.3 Å². The number of hydrogen-bond donors (Lipinski definition) is 1. The molecule has 0 aliphatic rings. The normalized spacial score (nSPS) is 12.9. The molecule has 40 heavy (non-hydrogen) atoms. The molecule has 4 rings (SSSR count). The van der Waals surface area contributed by atoms with Gasteiger partial charge in [0.1, 0.15) is 11.9 Å². The molecule has 0 amide bonds. The van der Waals surface area contributed by atoms with E-state index in [1.807, 2.05) is 42.5 Å². The van der Waals surface area contributed by atoms with E-state index in [0.29, 0.717) is 22.5 Å². The van der Waals surface area contributed by atoms with Gasteiger partial charge in [0, 0.05) is 16.5 Å². The van der Waals surface area contributed by atoms with Crippen LogP contribution in [0, 0.1) is 0 Å². The highest BCUT2D eigenvalue weighted by molar-refractivity contribution is 6.78. The summed E-state index contributed by atoms with van der Waals surface area (Å²) in [7, 11) is -0.482. The van der Waals surface area contributed by atoms with E-state index in [9.17, 15) is 5.11 Å². The first kappa shape index (κ1) is 30.1. The zero-order valence-electron chi connectivity index (χ0n) is 25.0. The molecule has 0 fully saturated rings. The van der Waals surface area contributed by atoms with Crippen molar-refractivity contribution in [3.8, 4) is 22.8 Å². The van der Waals surface area contributed by atoms with E-state index in [0.717, 1.165) is 55.9 Å². The molecule has 0 radical (unpaired) electrons. The predicted molar refractivity (Wildman–Crippen MR) is 170 cm³/mol. The molecule has 1 unspecified atom stereocenters. The second kappa shape index (κ2) is 12.3. The minimum absolute atomic E-state index is 0.475. The summed E-state index contributed by atoms with van der Waals surface area (Å²) >= 11 is 6.34. The van der Waals surface area contributed by atoms with E-state index < -0.39 is 14.4 Å². The first-order valence-electron chi connectivity index (χ1n) is 14.3. The van der Waals surface area contributed by atoms with Crippen molar-refractivity contribution in [2.24, 2.45) is 0 Å². The fourth-order valence-electron chi connectivity index (χ4n) is 6.25. The fourth-order valence-corrected chi connectivity index (χ4v) is 11.7. The summed E-state index contributed by atoms with van der Waals surface area (Å²) in [6.45, 7) is 15.9. The van der Waals surface area contributed by atoms with E-state index in [1.54, 1.807) is 7.11 Å². The van der Waals surface area contributed by atoms with Crippen molar-refractivity contribution >= 4 is 30.8 Å². The molecule has 1 heterocycles. The summed E-state index contributed by atoms with van der Waals surface area (Å²) in [5, 5.41) is 13.0. The van der Waals surface area contributed by atoms with E-state index in [1.165, 1.54) is 0 Å². The van der Waals surface area contributed by atoms with Gasteiger partial charge in [0.2, 0.25) is 5.88 Å². The van der Waals surface area contributed by atoms with Crippen LogP contribution in [0.2, 0.25) is 21.6 Å². The van der Waals surface area contributed by atoms with Crippen molar-refractivity contribution in [3.05, 3.63) is 88.4 Å². The Hall–Kier alpha value is -2.86. The van der Waals surface area contributed by atoms with E-state index >= 15 is 0 Å². The SMILES string of the molecule is CCc1cc(C(O)c2ccc3nc(OC)cc(-c4cccc(O[Si](C(C)C)(C(C)C)C(C)C)c4)c3c2)ccc1Cl. The molecule has 1 N–H and O–H groups in total. The Kier molecular flexibility index (Phi) is 9.28. The smallest absolute Gasteiger partial charge is 0.258 e. The number of aliphatic hydroxyl groups is 1. The molecule has 0 spiro atoms. The Balaban J connectivity index is 1.82. The zero-order valence-corrected chi connectivity index (χ0v) is 26.7. The number of ether oxygens (including phenoxy) is 1. The van der Waals surface area contributed by atoms with Gasteiger partial charge in [-0.25, -0.2) is 4.98 Å². The first-order valence-corrected chi connectivity index (χ1v) is 16.8. The molecule has 3 aromatic carbocycles. The van der Waals surface area contributed by atoms with Crippen LogP contribution in [0.25, 0.3) is 22.0 Å². The Morgan fingerprint density at radius 2 is 1.50 bits per heavy atom. The lowest BCUT2D eigenvalue weighted by atomic mass is 9.95. The van der Waals surface area contributed by atoms with Crippen LogP contribution in [0.4, 0.5) is 0 Å². The number of nitrogens with zero attached hydrogens (tertiary/aromatic N) is 1. The molecule has 0 bridgehead atoms. The topological polar surface area (TPSA) is 51.6 Å². The largest absolute Gasteiger partial charge is 0.543 e. The first-order chi connectivity index (χ1) is 19.0. The highest BCUT2D eigenvalue weighted by Gasteiger charge is 2.47. The van der Waals surface area contributed by atoms with Gasteiger partial charge in [-0.1, -0.05) is 90.4 Å². The van der Waals surface area contributed by atoms with Crippen LogP contribution in [-0.2, 0) is 6.42 Å². The second-order valence-corrected chi connectivity index (χ2v) is 17.3. The zero-order chi connectivity index (χ0) is 29.2. The monoisotopic (exact) mass is 575 g/mol. The Bertz CT molecular complexity index is 1460. The van der Waals surface area contributed by atoms with Gasteiger partial charge in [-0.3, -0.25) is 0 Å². The second-order valence-electron chi connectivity index (χ2n) is 11.5. The minimum Gasteiger partial charge on any atom is -0.543 e. The quantitative estimate of drug-likeness (QED) is 0.191. The van der Waals surface area contributed by atoms with Crippen LogP contribution >= 0.6 is 11.6 Å². The predicted octanol–water partition coefficient (Wildman–Crippen LogP) is 9.76. The third kappa shape index (κ3) is 5.78. The van der Waals surface area contributed by atoms with Crippen LogP contribution in [0.15, 0.2) is 66.7 Å². The Morgan fingerprint density at radius 3 is 2.12 bits per heavy atom. The van der Waals surface area contributed by atoms with Crippen LogP contribution < -0.4 is 9.16 Å². The van der Waals surface area contributed by atoms with Gasteiger partial charge in [-0.05, 0) is 81.2 Å². The third-order valence-corrected chi connectivity index (χ3v) is 14.6. The third-order valence-electron chi connectivity index (χ3n) is 8.25. The molecule has 0 aliphatic heterocycles. The number of fused-ring (bicyclic) bond motifs is 1. The van der Waals surface area contributed by atoms with Crippen molar-refractivity contribution in [1.82, 2.24) is 4.98 Å². The average Bonchev–Trinajstić information content (AvgIpc) is 2.94. The van der Waals surface area contributed by atoms with Crippen LogP contribution in [0.1, 0.15) is 71.3 Å². The number of hydrogen-bond acceptors (Lipinski definition) is 4. The molecular formula is C34H42ClNO3Si. The minimum atomic E-state index is -2.12. The lowest BCUT2D eigenvalue weighted by Gasteiger charge is -2.42. The van der Waals surface area contributed by atoms with Gasteiger partial charge < -0.3 is 14.3 Å². The maximum atomic E-state index is 11.3. The number of halogens is 1. The standard InChI is InChI=1S/C34H42ClNO3Si/c1-9-24-17-26(13-15-31(24)35)34(37)27-14-16-32-30(19-27)29(20-33(36-32)38-8)25-11-10-12-28(18-25)39-40(21(2)3,22(4)5)23(6)7/h10-23,34,37H,9H2,1-8H3. The number of aryl methyl sites for hydroxylation is 1. The maximum Gasteiger partial charge on any atom is 0.258 e. The fraction of sp³-hybridized carbons (Fsp3) is 0.382. The molecule has 1 atom stereocenters. The van der Waals surface area contributed by atoms with Gasteiger partial charge >= 0.3 is 0 Å². The Morgan fingerprint density at radius 1 is 0.850 bits per heavy atom. The molecule has 212 valence electrons. The van der Waals surface area contributed by atoms with Crippen molar-refractivity contribution in [2.75, 3.05) is 7.11 Å². The lowest BCUT2D eigenvalue weighted by Crippen LogP contribution is -2.50. The lowest BCUT2D eigenvalue weighted by molar-refractivity contribution is 0.220. The highest BCUT2D eigenvalue weighted by Crippen LogP contribution is 2.44. The average molecular weight is 576 g/mol. The summed E-state index contributed by atoms with van der Waals surface area (Å²) in [5.41, 5.74) is 6.87. The molecule has 6 heteroatoms. The molecule has 0 saturated carbocycles. The molecule has 4 aromatic rings. The van der Waals surface area contributed by atoms with E-state index in [2.05, 4.69) is 72.7 Å². The van der Waals surface area contributed by atoms with Crippen LogP contribution in [0.5, 0.6) is 11.6 Å². The van der Waals surface area contributed by atoms with Gasteiger partial charge in [0.25, 0.3) is 8.32 Å². The molecular weight excluding hydrogens is 534 g/mol. The summed E-state index contributed by atoms with van der Waals surface area (Å²) in [6, 6.07) is 22.0. The number of aliphatic hydroxyl groups excluding tert-OH is 1. The van der Waals surface area contributed by atoms with Gasteiger partial charge in [0.05, 0.1) is 12.6 Å². The van der Waals surface area contributed by atoms with Crippen molar-refractivity contribution in [3.63, 3.8) is 0 Å². The van der Waals surface area contributed by atoms with E-state index in [-0.39, 0.29) is 0 Å². The van der Waals surface area contributed by atoms with E-state index in [4.69, 9.17) is 25.7 Å². The number of methoxy groups -OCH3 is 1. The molecule has 4 nitrogen and oxygen atoms in total. The van der Waals surface area contributed by atoms with Gasteiger partial charge in [-0.2, -0.15) is 0 Å². The number of pyridine rings is 1. The maximum absolute atomic E-state index is 11.3. The van der Waals surface area contributed by atoms with Crippen molar-refractivity contribution in [1.29, 1.82) is 0 Å². The Labute approximate surface area is 245 Å². The van der Waals surface area contributed by atoms with Gasteiger partial charge in [-0.15, -0.1) is 0 Å². The molecule has 1 aromatic heterocycles. The highest BCUT2D eigenvalue weighted by atomic mass is 35.5. The molecule has 0 aliphatic carbocycles. The molecule has 0 saturated heterocycles. The summed E-state index contributed by atoms with van der Waals surface area (Å²) in [5.74, 6) is 1.44. The number of benzene rings is 3. The number of aromatic nitrogens is 1.